The molecule has 2 N–H and O–H groups in total. The fourth-order valence-corrected chi connectivity index (χ4v) is 1.96. The number of rotatable bonds is 6. The molecule has 1 saturated heterocycles. The molecule has 1 atom stereocenters. The van der Waals surface area contributed by atoms with Gasteiger partial charge in [0.25, 0.3) is 0 Å². The van der Waals surface area contributed by atoms with Crippen LogP contribution in [0.3, 0.4) is 0 Å². The number of aliphatic carboxylic acids is 1. The van der Waals surface area contributed by atoms with Crippen LogP contribution in [0.2, 0.25) is 0 Å². The second kappa shape index (κ2) is 6.22. The summed E-state index contributed by atoms with van der Waals surface area (Å²) in [5, 5.41) is 11.0. The van der Waals surface area contributed by atoms with Crippen LogP contribution in [0.5, 0.6) is 0 Å². The van der Waals surface area contributed by atoms with E-state index in [2.05, 4.69) is 5.32 Å². The smallest absolute Gasteiger partial charge is 0.305 e. The summed E-state index contributed by atoms with van der Waals surface area (Å²) in [6.45, 7) is 2.56. The summed E-state index contributed by atoms with van der Waals surface area (Å²) in [6.07, 6.45) is 1.73. The molecule has 0 aromatic carbocycles. The van der Waals surface area contributed by atoms with Crippen molar-refractivity contribution < 1.29 is 19.5 Å². The van der Waals surface area contributed by atoms with E-state index >= 15 is 0 Å². The average molecular weight is 242 g/mol. The molecule has 1 fully saturated rings. The third kappa shape index (κ3) is 3.72. The number of carbonyl (C=O) groups is 3. The Morgan fingerprint density at radius 3 is 2.71 bits per heavy atom. The fraction of sp³-hybridized carbons (Fsp3) is 0.727. The molecule has 1 aliphatic heterocycles. The van der Waals surface area contributed by atoms with E-state index < -0.39 is 12.0 Å². The summed E-state index contributed by atoms with van der Waals surface area (Å²) in [5.74, 6) is -1.20. The Bertz CT molecular complexity index is 317. The zero-order chi connectivity index (χ0) is 12.8. The normalized spacial score (nSPS) is 17.0. The highest BCUT2D eigenvalue weighted by Gasteiger charge is 2.31. The monoisotopic (exact) mass is 242 g/mol. The van der Waals surface area contributed by atoms with Gasteiger partial charge in [-0.15, -0.1) is 0 Å². The maximum Gasteiger partial charge on any atom is 0.305 e. The molecule has 0 aromatic heterocycles. The molecule has 1 heterocycles. The maximum atomic E-state index is 11.8. The van der Waals surface area contributed by atoms with Gasteiger partial charge in [-0.3, -0.25) is 14.4 Å². The van der Waals surface area contributed by atoms with Crippen LogP contribution in [0, 0.1) is 0 Å². The van der Waals surface area contributed by atoms with Crippen LogP contribution in [-0.4, -0.2) is 46.9 Å². The molecule has 0 aromatic rings. The number of nitrogens with one attached hydrogen (secondary N) is 1. The first-order valence-electron chi connectivity index (χ1n) is 5.85. The lowest BCUT2D eigenvalue weighted by Crippen LogP contribution is -2.47. The van der Waals surface area contributed by atoms with E-state index in [4.69, 9.17) is 5.11 Å². The Balaban J connectivity index is 2.46. The number of carboxylic acids is 1. The average Bonchev–Trinajstić information content (AvgIpc) is 2.66. The van der Waals surface area contributed by atoms with Crippen LogP contribution in [0.1, 0.15) is 32.6 Å². The number of carbonyl (C=O) groups excluding carboxylic acids is 2. The predicted octanol–water partition coefficient (Wildman–Crippen LogP) is -0.0217. The highest BCUT2D eigenvalue weighted by molar-refractivity contribution is 5.88. The Hall–Kier alpha value is -1.59. The number of likely N-dealkylation sites (tertiary alicyclic amines) is 1. The fourth-order valence-electron chi connectivity index (χ4n) is 1.96. The molecule has 1 unspecified atom stereocenters. The first-order valence-corrected chi connectivity index (χ1v) is 5.85. The minimum atomic E-state index is -0.949. The second-order valence-electron chi connectivity index (χ2n) is 4.05. The van der Waals surface area contributed by atoms with Gasteiger partial charge in [-0.25, -0.2) is 0 Å². The molecule has 2 amide bonds. The van der Waals surface area contributed by atoms with Crippen molar-refractivity contribution >= 4 is 17.8 Å². The molecule has 0 radical (unpaired) electrons. The van der Waals surface area contributed by atoms with Gasteiger partial charge in [0.1, 0.15) is 6.04 Å². The van der Waals surface area contributed by atoms with Gasteiger partial charge in [0, 0.05) is 19.5 Å². The van der Waals surface area contributed by atoms with Crippen molar-refractivity contribution in [1.29, 1.82) is 0 Å². The van der Waals surface area contributed by atoms with Gasteiger partial charge in [0.15, 0.2) is 0 Å². The van der Waals surface area contributed by atoms with E-state index in [0.29, 0.717) is 19.4 Å². The van der Waals surface area contributed by atoms with Crippen LogP contribution in [-0.2, 0) is 14.4 Å². The zero-order valence-corrected chi connectivity index (χ0v) is 9.94. The highest BCUT2D eigenvalue weighted by atomic mass is 16.4. The number of nitrogens with zero attached hydrogens (tertiary/aromatic N) is 1. The van der Waals surface area contributed by atoms with Crippen LogP contribution in [0.15, 0.2) is 0 Å². The molecule has 1 rings (SSSR count). The second-order valence-corrected chi connectivity index (χ2v) is 4.05. The summed E-state index contributed by atoms with van der Waals surface area (Å²) in [6, 6.07) is -0.459. The van der Waals surface area contributed by atoms with E-state index in [-0.39, 0.29) is 24.8 Å². The quantitative estimate of drug-likeness (QED) is 0.685. The van der Waals surface area contributed by atoms with E-state index in [9.17, 15) is 14.4 Å². The third-order valence-corrected chi connectivity index (χ3v) is 2.81. The standard InChI is InChI=1S/C11H18N2O4/c1-2-8(13-7-3-4-9(13)14)11(17)12-6-5-10(15)16/h8H,2-7H2,1H3,(H,12,17)(H,15,16). The van der Waals surface area contributed by atoms with Crippen molar-refractivity contribution in [3.05, 3.63) is 0 Å². The molecule has 17 heavy (non-hydrogen) atoms. The van der Waals surface area contributed by atoms with Crippen LogP contribution in [0.25, 0.3) is 0 Å². The van der Waals surface area contributed by atoms with Gasteiger partial charge in [-0.2, -0.15) is 0 Å². The number of amides is 2. The molecular formula is C11H18N2O4. The largest absolute Gasteiger partial charge is 0.481 e. The van der Waals surface area contributed by atoms with E-state index in [1.807, 2.05) is 6.92 Å². The zero-order valence-electron chi connectivity index (χ0n) is 9.94. The summed E-state index contributed by atoms with van der Waals surface area (Å²) in [4.78, 5) is 35.2. The molecule has 0 spiro atoms. The third-order valence-electron chi connectivity index (χ3n) is 2.81. The number of hydrogen-bond donors (Lipinski definition) is 2. The van der Waals surface area contributed by atoms with Crippen LogP contribution < -0.4 is 5.32 Å². The lowest BCUT2D eigenvalue weighted by atomic mass is 10.2. The maximum absolute atomic E-state index is 11.8. The SMILES string of the molecule is CCC(C(=O)NCCC(=O)O)N1CCCC1=O. The summed E-state index contributed by atoms with van der Waals surface area (Å²) >= 11 is 0. The molecule has 1 aliphatic rings. The van der Waals surface area contributed by atoms with Crippen molar-refractivity contribution in [3.63, 3.8) is 0 Å². The molecule has 0 bridgehead atoms. The molecular weight excluding hydrogens is 224 g/mol. The highest BCUT2D eigenvalue weighted by Crippen LogP contribution is 2.15. The van der Waals surface area contributed by atoms with Crippen LogP contribution in [0.4, 0.5) is 0 Å². The van der Waals surface area contributed by atoms with E-state index in [0.717, 1.165) is 6.42 Å². The lowest BCUT2D eigenvalue weighted by Gasteiger charge is -2.25. The first kappa shape index (κ1) is 13.5. The molecule has 0 saturated carbocycles. The van der Waals surface area contributed by atoms with Gasteiger partial charge < -0.3 is 15.3 Å². The summed E-state index contributed by atoms with van der Waals surface area (Å²) in [5.41, 5.74) is 0. The number of carboxylic acid groups (broad SMARTS) is 1. The van der Waals surface area contributed by atoms with Crippen LogP contribution >= 0.6 is 0 Å². The van der Waals surface area contributed by atoms with Crippen molar-refractivity contribution in [2.75, 3.05) is 13.1 Å². The van der Waals surface area contributed by atoms with E-state index in [1.165, 1.54) is 0 Å². The molecule has 6 heteroatoms. The topological polar surface area (TPSA) is 86.7 Å². The van der Waals surface area contributed by atoms with Crippen molar-refractivity contribution in [2.24, 2.45) is 0 Å². The molecule has 0 aliphatic carbocycles. The minimum Gasteiger partial charge on any atom is -0.481 e. The molecule has 96 valence electrons. The predicted molar refractivity (Wildman–Crippen MR) is 60.3 cm³/mol. The lowest BCUT2D eigenvalue weighted by molar-refractivity contribution is -0.139. The van der Waals surface area contributed by atoms with Crippen molar-refractivity contribution in [1.82, 2.24) is 10.2 Å². The van der Waals surface area contributed by atoms with Gasteiger partial charge in [-0.1, -0.05) is 6.92 Å². The van der Waals surface area contributed by atoms with Gasteiger partial charge >= 0.3 is 5.97 Å². The number of hydrogen-bond acceptors (Lipinski definition) is 3. The van der Waals surface area contributed by atoms with E-state index in [1.54, 1.807) is 4.90 Å². The Labute approximate surface area is 100.0 Å². The molecule has 6 nitrogen and oxygen atoms in total. The van der Waals surface area contributed by atoms with Gasteiger partial charge in [0.05, 0.1) is 6.42 Å². The summed E-state index contributed by atoms with van der Waals surface area (Å²) < 4.78 is 0. The Morgan fingerprint density at radius 2 is 2.24 bits per heavy atom. The minimum absolute atomic E-state index is 0.00485. The van der Waals surface area contributed by atoms with Gasteiger partial charge in [-0.05, 0) is 12.8 Å². The first-order chi connectivity index (χ1) is 8.06. The summed E-state index contributed by atoms with van der Waals surface area (Å²) in [7, 11) is 0. The Morgan fingerprint density at radius 1 is 1.53 bits per heavy atom. The van der Waals surface area contributed by atoms with Gasteiger partial charge in [0.2, 0.25) is 11.8 Å². The van der Waals surface area contributed by atoms with Crippen molar-refractivity contribution in [2.45, 2.75) is 38.6 Å². The van der Waals surface area contributed by atoms with Crippen molar-refractivity contribution in [3.8, 4) is 0 Å². The Kier molecular flexibility index (Phi) is 4.93.